The molecule has 0 spiro atoms. The van der Waals surface area contributed by atoms with Crippen molar-refractivity contribution in [1.29, 1.82) is 21.2 Å². The van der Waals surface area contributed by atoms with Gasteiger partial charge in [-0.15, -0.1) is 0 Å². The number of nitriles is 3. The van der Waals surface area contributed by atoms with Crippen molar-refractivity contribution in [2.24, 2.45) is 17.3 Å². The lowest BCUT2D eigenvalue weighted by Gasteiger charge is -2.46. The summed E-state index contributed by atoms with van der Waals surface area (Å²) in [5, 5.41) is 38.1. The highest BCUT2D eigenvalue weighted by Gasteiger charge is 2.58. The summed E-state index contributed by atoms with van der Waals surface area (Å²) >= 11 is 0. The molecule has 0 saturated heterocycles. The number of hydrogen-bond acceptors (Lipinski definition) is 5. The quantitative estimate of drug-likeness (QED) is 0.780. The van der Waals surface area contributed by atoms with Crippen molar-refractivity contribution in [2.45, 2.75) is 5.92 Å². The van der Waals surface area contributed by atoms with Gasteiger partial charge in [0.05, 0.1) is 51.2 Å². The Morgan fingerprint density at radius 1 is 1.19 bits per heavy atom. The zero-order valence-corrected chi connectivity index (χ0v) is 14.8. The third-order valence-electron chi connectivity index (χ3n) is 5.56. The van der Waals surface area contributed by atoms with Gasteiger partial charge in [-0.2, -0.15) is 15.8 Å². The second-order valence-corrected chi connectivity index (χ2v) is 6.93. The van der Waals surface area contributed by atoms with Gasteiger partial charge in [-0.25, -0.2) is 0 Å². The molecule has 1 aliphatic carbocycles. The Kier molecular flexibility index (Phi) is 4.51. The largest absolute Gasteiger partial charge is 0.497 e. The lowest BCUT2D eigenvalue weighted by atomic mass is 9.54. The fraction of sp³-hybridized carbons (Fsp3) is 0.400. The molecule has 6 nitrogen and oxygen atoms in total. The van der Waals surface area contributed by atoms with Crippen LogP contribution >= 0.6 is 0 Å². The summed E-state index contributed by atoms with van der Waals surface area (Å²) in [5.41, 5.74) is -0.0484. The van der Waals surface area contributed by atoms with Crippen LogP contribution < -0.4 is 9.64 Å². The second-order valence-electron chi connectivity index (χ2n) is 6.93. The van der Waals surface area contributed by atoms with Crippen LogP contribution in [0, 0.1) is 56.7 Å². The number of nitrogens with zero attached hydrogens (tertiary/aromatic N) is 3. The number of benzene rings is 1. The molecule has 0 amide bonds. The van der Waals surface area contributed by atoms with Crippen LogP contribution in [-0.4, -0.2) is 33.0 Å². The summed E-state index contributed by atoms with van der Waals surface area (Å²) in [7, 11) is 3.64. The Hall–Kier alpha value is -3.14. The SMILES string of the molecule is COc1ccc([C@@H]2[C@@H]3C[NH+](C)CC=C3C(C#N)C(=N)C2(C#N)C#N)cc1. The Balaban J connectivity index is 2.22. The summed E-state index contributed by atoms with van der Waals surface area (Å²) in [6.45, 7) is 1.50. The average molecular weight is 346 g/mol. The molecule has 2 unspecified atom stereocenters. The van der Waals surface area contributed by atoms with Gasteiger partial charge in [0.15, 0.2) is 5.41 Å². The van der Waals surface area contributed by atoms with Gasteiger partial charge in [-0.05, 0) is 29.3 Å². The highest BCUT2D eigenvalue weighted by Crippen LogP contribution is 2.52. The van der Waals surface area contributed by atoms with E-state index in [1.807, 2.05) is 18.2 Å². The van der Waals surface area contributed by atoms with Crippen LogP contribution in [0.5, 0.6) is 5.75 Å². The Morgan fingerprint density at radius 2 is 1.85 bits per heavy atom. The van der Waals surface area contributed by atoms with E-state index in [1.54, 1.807) is 19.2 Å². The number of fused-ring (bicyclic) bond motifs is 1. The van der Waals surface area contributed by atoms with Gasteiger partial charge >= 0.3 is 0 Å². The summed E-state index contributed by atoms with van der Waals surface area (Å²) in [6.07, 6.45) is 2.01. The van der Waals surface area contributed by atoms with Gasteiger partial charge in [-0.3, -0.25) is 0 Å². The molecule has 0 aromatic heterocycles. The second kappa shape index (κ2) is 6.64. The van der Waals surface area contributed by atoms with Crippen LogP contribution in [-0.2, 0) is 0 Å². The lowest BCUT2D eigenvalue weighted by Crippen LogP contribution is -3.10. The Morgan fingerprint density at radius 3 is 2.38 bits per heavy atom. The van der Waals surface area contributed by atoms with Crippen molar-refractivity contribution in [2.75, 3.05) is 27.2 Å². The first-order valence-electron chi connectivity index (χ1n) is 8.48. The molecule has 26 heavy (non-hydrogen) atoms. The number of nitrogens with one attached hydrogen (secondary N) is 2. The van der Waals surface area contributed by atoms with Crippen molar-refractivity contribution in [3.8, 4) is 24.0 Å². The van der Waals surface area contributed by atoms with E-state index in [4.69, 9.17) is 10.1 Å². The van der Waals surface area contributed by atoms with Crippen molar-refractivity contribution >= 4 is 5.71 Å². The minimum absolute atomic E-state index is 0.104. The van der Waals surface area contributed by atoms with Crippen LogP contribution in [0.1, 0.15) is 11.5 Å². The topological polar surface area (TPSA) is 109 Å². The number of rotatable bonds is 2. The zero-order valence-electron chi connectivity index (χ0n) is 14.8. The molecule has 1 aromatic carbocycles. The van der Waals surface area contributed by atoms with E-state index in [-0.39, 0.29) is 11.6 Å². The molecule has 0 bridgehead atoms. The number of methoxy groups -OCH3 is 1. The molecule has 1 aliphatic heterocycles. The van der Waals surface area contributed by atoms with Crippen LogP contribution in [0.25, 0.3) is 0 Å². The van der Waals surface area contributed by atoms with Gasteiger partial charge in [0, 0.05) is 11.8 Å². The zero-order chi connectivity index (χ0) is 18.9. The van der Waals surface area contributed by atoms with Crippen molar-refractivity contribution in [3.63, 3.8) is 0 Å². The fourth-order valence-electron chi connectivity index (χ4n) is 4.24. The molecule has 0 radical (unpaired) electrons. The number of ether oxygens (including phenoxy) is 1. The predicted molar refractivity (Wildman–Crippen MR) is 94.4 cm³/mol. The summed E-state index contributed by atoms with van der Waals surface area (Å²) in [5.74, 6) is -0.727. The molecular formula is C20H20N5O+. The van der Waals surface area contributed by atoms with Crippen LogP contribution in [0.3, 0.4) is 0 Å². The first kappa shape index (κ1) is 17.7. The van der Waals surface area contributed by atoms with E-state index in [2.05, 4.69) is 25.3 Å². The van der Waals surface area contributed by atoms with Crippen LogP contribution in [0.15, 0.2) is 35.9 Å². The van der Waals surface area contributed by atoms with Gasteiger partial charge in [0.2, 0.25) is 0 Å². The average Bonchev–Trinajstić information content (AvgIpc) is 2.67. The van der Waals surface area contributed by atoms with E-state index >= 15 is 0 Å². The maximum atomic E-state index is 9.94. The van der Waals surface area contributed by atoms with E-state index in [9.17, 15) is 15.8 Å². The standard InChI is InChI=1S/C20H19N5O/c1-25-8-7-15-16(9-21)19(24)20(11-22,12-23)18(17(15)10-25)13-3-5-14(26-2)6-4-13/h3-7,16-18,24H,8,10H2,1-2H3/p+1/t16?,17-,18-/m1/s1. The summed E-state index contributed by atoms with van der Waals surface area (Å²) in [4.78, 5) is 1.26. The van der Waals surface area contributed by atoms with E-state index in [0.717, 1.165) is 24.2 Å². The molecule has 3 rings (SSSR count). The summed E-state index contributed by atoms with van der Waals surface area (Å²) < 4.78 is 5.21. The maximum absolute atomic E-state index is 9.94. The molecule has 1 aromatic rings. The van der Waals surface area contributed by atoms with E-state index < -0.39 is 17.3 Å². The Labute approximate surface area is 153 Å². The lowest BCUT2D eigenvalue weighted by molar-refractivity contribution is -0.878. The number of likely N-dealkylation sites (N-methyl/N-ethyl adjacent to an activating group) is 1. The van der Waals surface area contributed by atoms with Gasteiger partial charge < -0.3 is 15.0 Å². The minimum atomic E-state index is -1.64. The number of quaternary nitrogens is 1. The minimum Gasteiger partial charge on any atom is -0.497 e. The van der Waals surface area contributed by atoms with Gasteiger partial charge in [-0.1, -0.05) is 12.1 Å². The van der Waals surface area contributed by atoms with Gasteiger partial charge in [0.1, 0.15) is 11.7 Å². The molecule has 2 N–H and O–H groups in total. The van der Waals surface area contributed by atoms with Crippen molar-refractivity contribution < 1.29 is 9.64 Å². The molecule has 1 saturated carbocycles. The van der Waals surface area contributed by atoms with E-state index in [1.165, 1.54) is 4.90 Å². The molecule has 1 fully saturated rings. The van der Waals surface area contributed by atoms with Crippen LogP contribution in [0.4, 0.5) is 0 Å². The molecule has 4 atom stereocenters. The maximum Gasteiger partial charge on any atom is 0.189 e. The van der Waals surface area contributed by atoms with Crippen molar-refractivity contribution in [1.82, 2.24) is 0 Å². The van der Waals surface area contributed by atoms with Gasteiger partial charge in [0.25, 0.3) is 0 Å². The normalized spacial score (nSPS) is 29.3. The third kappa shape index (κ3) is 2.46. The molecule has 1 heterocycles. The van der Waals surface area contributed by atoms with Crippen molar-refractivity contribution in [3.05, 3.63) is 41.5 Å². The fourth-order valence-corrected chi connectivity index (χ4v) is 4.24. The summed E-state index contributed by atoms with van der Waals surface area (Å²) in [6, 6.07) is 13.7. The molecule has 2 aliphatic rings. The molecular weight excluding hydrogens is 326 g/mol. The highest BCUT2D eigenvalue weighted by atomic mass is 16.5. The smallest absolute Gasteiger partial charge is 0.189 e. The monoisotopic (exact) mass is 346 g/mol. The third-order valence-corrected chi connectivity index (χ3v) is 5.56. The Bertz CT molecular complexity index is 867. The predicted octanol–water partition coefficient (Wildman–Crippen LogP) is 1.06. The van der Waals surface area contributed by atoms with Crippen LogP contribution in [0.2, 0.25) is 0 Å². The highest BCUT2D eigenvalue weighted by molar-refractivity contribution is 6.00. The first-order valence-corrected chi connectivity index (χ1v) is 8.48. The molecule has 130 valence electrons. The van der Waals surface area contributed by atoms with E-state index in [0.29, 0.717) is 5.75 Å². The first-order chi connectivity index (χ1) is 12.5. The molecule has 6 heteroatoms. The number of hydrogen-bond donors (Lipinski definition) is 2.